The molecule has 0 saturated heterocycles. The first-order chi connectivity index (χ1) is 16.4. The number of thiazole rings is 1. The topological polar surface area (TPSA) is 63.9 Å². The van der Waals surface area contributed by atoms with Crippen LogP contribution < -0.4 is 19.6 Å². The molecule has 1 atom stereocenters. The lowest BCUT2D eigenvalue weighted by atomic mass is 9.94. The number of carbonyl (C=O) groups is 1. The summed E-state index contributed by atoms with van der Waals surface area (Å²) in [6.07, 6.45) is 1.86. The number of fused-ring (bicyclic) bond motifs is 1. The van der Waals surface area contributed by atoms with Crippen LogP contribution in [0.5, 0.6) is 5.75 Å². The first kappa shape index (κ1) is 24.2. The average Bonchev–Trinajstić information content (AvgIpc) is 3.14. The average molecular weight is 540 g/mol. The van der Waals surface area contributed by atoms with Gasteiger partial charge in [0, 0.05) is 23.1 Å². The lowest BCUT2D eigenvalue weighted by molar-refractivity contribution is -0.127. The Morgan fingerprint density at radius 1 is 1.18 bits per heavy atom. The number of allylic oxidation sites excluding steroid dienone is 1. The molecule has 1 aliphatic rings. The molecular weight excluding hydrogens is 514 g/mol. The predicted molar refractivity (Wildman–Crippen MR) is 139 cm³/mol. The van der Waals surface area contributed by atoms with Crippen molar-refractivity contribution in [2.45, 2.75) is 26.8 Å². The van der Waals surface area contributed by atoms with Crippen molar-refractivity contribution in [2.75, 3.05) is 20.2 Å². The summed E-state index contributed by atoms with van der Waals surface area (Å²) in [6.45, 7) is 6.87. The van der Waals surface area contributed by atoms with Crippen LogP contribution in [0.15, 0.2) is 74.1 Å². The number of carbonyl (C=O) groups excluding carboxylic acids is 1. The van der Waals surface area contributed by atoms with E-state index in [1.807, 2.05) is 75.4 Å². The lowest BCUT2D eigenvalue weighted by Gasteiger charge is -2.29. The highest BCUT2D eigenvalue weighted by molar-refractivity contribution is 9.10. The van der Waals surface area contributed by atoms with Crippen molar-refractivity contribution in [1.82, 2.24) is 9.47 Å². The molecule has 4 rings (SSSR count). The van der Waals surface area contributed by atoms with E-state index in [4.69, 9.17) is 9.73 Å². The Bertz CT molecular complexity index is 1430. The number of benzene rings is 2. The standard InChI is InChI=1S/C26H26BrN3O3S/c1-5-29(6-2)25(32)22-16(3)28-26-30(23(22)19-9-7-8-10-20(19)33-4)24(31)21(34-26)15-17-11-13-18(27)14-12-17/h7-15,23H,5-6H2,1-4H3/b21-15+/t23-/m0/s1. The third-order valence-corrected chi connectivity index (χ3v) is 7.42. The van der Waals surface area contributed by atoms with Gasteiger partial charge in [0.15, 0.2) is 4.80 Å². The van der Waals surface area contributed by atoms with Gasteiger partial charge in [-0.2, -0.15) is 0 Å². The summed E-state index contributed by atoms with van der Waals surface area (Å²) in [5, 5.41) is 0. The predicted octanol–water partition coefficient (Wildman–Crippen LogP) is 3.87. The van der Waals surface area contributed by atoms with Gasteiger partial charge in [-0.3, -0.25) is 14.2 Å². The van der Waals surface area contributed by atoms with Gasteiger partial charge in [0.05, 0.1) is 22.9 Å². The zero-order chi connectivity index (χ0) is 24.4. The Balaban J connectivity index is 1.99. The maximum absolute atomic E-state index is 13.7. The summed E-state index contributed by atoms with van der Waals surface area (Å²) >= 11 is 4.77. The summed E-state index contributed by atoms with van der Waals surface area (Å²) in [6, 6.07) is 14.7. The number of aromatic nitrogens is 1. The molecule has 1 aliphatic heterocycles. The van der Waals surface area contributed by atoms with Gasteiger partial charge >= 0.3 is 0 Å². The Labute approximate surface area is 210 Å². The SMILES string of the molecule is CCN(CC)C(=O)C1=C(C)N=c2s/c(=C/c3ccc(Br)cc3)c(=O)n2[C@H]1c1ccccc1OC. The van der Waals surface area contributed by atoms with Crippen LogP contribution in [0.25, 0.3) is 6.08 Å². The Hall–Kier alpha value is -2.97. The number of ether oxygens (including phenoxy) is 1. The molecule has 0 unspecified atom stereocenters. The van der Waals surface area contributed by atoms with E-state index in [2.05, 4.69) is 15.9 Å². The maximum atomic E-state index is 13.7. The second kappa shape index (κ2) is 10.1. The minimum Gasteiger partial charge on any atom is -0.496 e. The van der Waals surface area contributed by atoms with E-state index in [0.717, 1.165) is 15.6 Å². The zero-order valence-corrected chi connectivity index (χ0v) is 21.9. The molecule has 2 aromatic carbocycles. The molecule has 0 N–H and O–H groups in total. The Morgan fingerprint density at radius 2 is 1.85 bits per heavy atom. The molecule has 0 fully saturated rings. The van der Waals surface area contributed by atoms with E-state index < -0.39 is 6.04 Å². The number of hydrogen-bond acceptors (Lipinski definition) is 5. The summed E-state index contributed by atoms with van der Waals surface area (Å²) in [4.78, 5) is 34.4. The van der Waals surface area contributed by atoms with Gasteiger partial charge in [-0.1, -0.05) is 57.6 Å². The van der Waals surface area contributed by atoms with Gasteiger partial charge in [-0.05, 0) is 50.6 Å². The van der Waals surface area contributed by atoms with E-state index in [-0.39, 0.29) is 11.5 Å². The summed E-state index contributed by atoms with van der Waals surface area (Å²) in [5.74, 6) is 0.499. The molecule has 2 heterocycles. The fraction of sp³-hybridized carbons (Fsp3) is 0.269. The Kier molecular flexibility index (Phi) is 7.19. The molecule has 34 heavy (non-hydrogen) atoms. The zero-order valence-electron chi connectivity index (χ0n) is 19.5. The molecular formula is C26H26BrN3O3S. The van der Waals surface area contributed by atoms with Crippen molar-refractivity contribution in [1.29, 1.82) is 0 Å². The van der Waals surface area contributed by atoms with E-state index in [1.54, 1.807) is 16.6 Å². The van der Waals surface area contributed by atoms with Crippen LogP contribution in [0.3, 0.4) is 0 Å². The first-order valence-electron chi connectivity index (χ1n) is 11.1. The first-order valence-corrected chi connectivity index (χ1v) is 12.7. The number of hydrogen-bond donors (Lipinski definition) is 0. The molecule has 0 aliphatic carbocycles. The second-order valence-electron chi connectivity index (χ2n) is 7.85. The third-order valence-electron chi connectivity index (χ3n) is 5.90. The molecule has 3 aromatic rings. The Morgan fingerprint density at radius 3 is 2.50 bits per heavy atom. The normalized spacial score (nSPS) is 15.7. The maximum Gasteiger partial charge on any atom is 0.271 e. The number of halogens is 1. The van der Waals surface area contributed by atoms with Gasteiger partial charge < -0.3 is 9.64 Å². The number of amides is 1. The van der Waals surface area contributed by atoms with Crippen LogP contribution in [0, 0.1) is 0 Å². The van der Waals surface area contributed by atoms with Crippen molar-refractivity contribution in [3.05, 3.63) is 95.1 Å². The van der Waals surface area contributed by atoms with Crippen LogP contribution in [0.2, 0.25) is 0 Å². The third kappa shape index (κ3) is 4.40. The minimum atomic E-state index is -0.632. The number of likely N-dealkylation sites (N-methyl/N-ethyl adjacent to an activating group) is 1. The van der Waals surface area contributed by atoms with Crippen molar-refractivity contribution in [3.63, 3.8) is 0 Å². The number of methoxy groups -OCH3 is 1. The van der Waals surface area contributed by atoms with Gasteiger partial charge in [0.2, 0.25) is 0 Å². The molecule has 8 heteroatoms. The highest BCUT2D eigenvalue weighted by Gasteiger charge is 2.35. The summed E-state index contributed by atoms with van der Waals surface area (Å²) in [7, 11) is 1.60. The van der Waals surface area contributed by atoms with Crippen LogP contribution in [-0.2, 0) is 4.79 Å². The monoisotopic (exact) mass is 539 g/mol. The van der Waals surface area contributed by atoms with Gasteiger partial charge in [-0.25, -0.2) is 4.99 Å². The van der Waals surface area contributed by atoms with E-state index >= 15 is 0 Å². The molecule has 1 aromatic heterocycles. The van der Waals surface area contributed by atoms with Gasteiger partial charge in [-0.15, -0.1) is 0 Å². The lowest BCUT2D eigenvalue weighted by Crippen LogP contribution is -2.43. The summed E-state index contributed by atoms with van der Waals surface area (Å²) < 4.78 is 8.81. The van der Waals surface area contributed by atoms with E-state index in [9.17, 15) is 9.59 Å². The fourth-order valence-corrected chi connectivity index (χ4v) is 5.48. The van der Waals surface area contributed by atoms with Crippen LogP contribution in [-0.4, -0.2) is 35.6 Å². The van der Waals surface area contributed by atoms with Gasteiger partial charge in [0.25, 0.3) is 11.5 Å². The fourth-order valence-electron chi connectivity index (χ4n) is 4.17. The molecule has 0 spiro atoms. The number of para-hydroxylation sites is 1. The van der Waals surface area contributed by atoms with Crippen LogP contribution in [0.1, 0.15) is 37.9 Å². The minimum absolute atomic E-state index is 0.121. The van der Waals surface area contributed by atoms with E-state index in [0.29, 0.717) is 39.4 Å². The highest BCUT2D eigenvalue weighted by Crippen LogP contribution is 2.35. The molecule has 6 nitrogen and oxygen atoms in total. The second-order valence-corrected chi connectivity index (χ2v) is 9.78. The smallest absolute Gasteiger partial charge is 0.271 e. The van der Waals surface area contributed by atoms with Crippen LogP contribution >= 0.6 is 27.3 Å². The van der Waals surface area contributed by atoms with Crippen molar-refractivity contribution < 1.29 is 9.53 Å². The summed E-state index contributed by atoms with van der Waals surface area (Å²) in [5.41, 5.74) is 2.60. The molecule has 0 saturated carbocycles. The van der Waals surface area contributed by atoms with Crippen molar-refractivity contribution in [2.24, 2.45) is 4.99 Å². The number of rotatable bonds is 6. The van der Waals surface area contributed by atoms with Crippen molar-refractivity contribution >= 4 is 39.2 Å². The molecule has 1 amide bonds. The largest absolute Gasteiger partial charge is 0.496 e. The molecule has 176 valence electrons. The quantitative estimate of drug-likeness (QED) is 0.477. The van der Waals surface area contributed by atoms with E-state index in [1.165, 1.54) is 11.3 Å². The molecule has 0 radical (unpaired) electrons. The highest BCUT2D eigenvalue weighted by atomic mass is 79.9. The molecule has 0 bridgehead atoms. The van der Waals surface area contributed by atoms with Gasteiger partial charge in [0.1, 0.15) is 11.8 Å². The van der Waals surface area contributed by atoms with Crippen LogP contribution in [0.4, 0.5) is 0 Å². The van der Waals surface area contributed by atoms with Crippen molar-refractivity contribution in [3.8, 4) is 5.75 Å². The number of nitrogens with zero attached hydrogens (tertiary/aromatic N) is 3.